The summed E-state index contributed by atoms with van der Waals surface area (Å²) in [5.74, 6) is -0.276. The molecule has 0 bridgehead atoms. The lowest BCUT2D eigenvalue weighted by molar-refractivity contribution is -0.137. The molecular formula is C19H21F3N2O3S. The Bertz CT molecular complexity index is 957. The van der Waals surface area contributed by atoms with E-state index in [1.165, 1.54) is 0 Å². The van der Waals surface area contributed by atoms with Gasteiger partial charge < -0.3 is 5.32 Å². The summed E-state index contributed by atoms with van der Waals surface area (Å²) >= 11 is 0. The molecule has 0 aliphatic carbocycles. The minimum atomic E-state index is -4.63. The van der Waals surface area contributed by atoms with Crippen molar-refractivity contribution >= 4 is 21.6 Å². The van der Waals surface area contributed by atoms with Crippen molar-refractivity contribution in [1.82, 2.24) is 4.72 Å². The zero-order chi connectivity index (χ0) is 20.9. The number of halogens is 3. The van der Waals surface area contributed by atoms with Crippen LogP contribution < -0.4 is 10.0 Å². The van der Waals surface area contributed by atoms with Crippen LogP contribution in [0, 0.1) is 13.8 Å². The van der Waals surface area contributed by atoms with E-state index in [1.807, 2.05) is 26.0 Å². The van der Waals surface area contributed by atoms with E-state index in [2.05, 4.69) is 10.0 Å². The molecule has 0 spiro atoms. The van der Waals surface area contributed by atoms with E-state index < -0.39 is 26.7 Å². The third-order valence-electron chi connectivity index (χ3n) is 4.14. The lowest BCUT2D eigenvalue weighted by atomic mass is 10.1. The third kappa shape index (κ3) is 6.07. The van der Waals surface area contributed by atoms with E-state index in [-0.39, 0.29) is 25.3 Å². The van der Waals surface area contributed by atoms with Gasteiger partial charge in [-0.3, -0.25) is 4.79 Å². The predicted octanol–water partition coefficient (Wildman–Crippen LogP) is 4.02. The van der Waals surface area contributed by atoms with E-state index in [9.17, 15) is 26.4 Å². The van der Waals surface area contributed by atoms with Gasteiger partial charge in [0, 0.05) is 18.7 Å². The SMILES string of the molecule is Cc1ccc(NC(=O)CCCNS(=O)(=O)c2cccc(C(F)(F)F)c2)cc1C. The average Bonchev–Trinajstić information content (AvgIpc) is 2.61. The number of sulfonamides is 1. The van der Waals surface area contributed by atoms with E-state index in [1.54, 1.807) is 6.07 Å². The van der Waals surface area contributed by atoms with E-state index in [4.69, 9.17) is 0 Å². The molecule has 0 saturated carbocycles. The Morgan fingerprint density at radius 3 is 2.39 bits per heavy atom. The summed E-state index contributed by atoms with van der Waals surface area (Å²) in [5.41, 5.74) is 1.74. The number of amides is 1. The lowest BCUT2D eigenvalue weighted by Gasteiger charge is -2.10. The number of carbonyl (C=O) groups excluding carboxylic acids is 1. The van der Waals surface area contributed by atoms with Crippen molar-refractivity contribution in [2.75, 3.05) is 11.9 Å². The summed E-state index contributed by atoms with van der Waals surface area (Å²) in [4.78, 5) is 11.5. The van der Waals surface area contributed by atoms with Gasteiger partial charge in [-0.25, -0.2) is 13.1 Å². The molecule has 0 heterocycles. The number of benzene rings is 2. The van der Waals surface area contributed by atoms with Gasteiger partial charge >= 0.3 is 6.18 Å². The van der Waals surface area contributed by atoms with Crippen molar-refractivity contribution in [3.8, 4) is 0 Å². The highest BCUT2D eigenvalue weighted by Gasteiger charge is 2.31. The second-order valence-corrected chi connectivity index (χ2v) is 8.14. The molecule has 9 heteroatoms. The number of anilines is 1. The van der Waals surface area contributed by atoms with Crippen LogP contribution in [-0.4, -0.2) is 20.9 Å². The zero-order valence-corrected chi connectivity index (χ0v) is 16.2. The van der Waals surface area contributed by atoms with Gasteiger partial charge in [0.15, 0.2) is 0 Å². The topological polar surface area (TPSA) is 75.3 Å². The van der Waals surface area contributed by atoms with Crippen LogP contribution in [0.3, 0.4) is 0 Å². The number of alkyl halides is 3. The minimum absolute atomic E-state index is 0.0675. The summed E-state index contributed by atoms with van der Waals surface area (Å²) < 4.78 is 64.6. The highest BCUT2D eigenvalue weighted by atomic mass is 32.2. The smallest absolute Gasteiger partial charge is 0.326 e. The van der Waals surface area contributed by atoms with Crippen LogP contribution in [0.15, 0.2) is 47.4 Å². The predicted molar refractivity (Wildman–Crippen MR) is 100 cm³/mol. The van der Waals surface area contributed by atoms with E-state index in [0.717, 1.165) is 29.3 Å². The van der Waals surface area contributed by atoms with Gasteiger partial charge in [-0.05, 0) is 61.7 Å². The van der Waals surface area contributed by atoms with Crippen LogP contribution in [-0.2, 0) is 21.0 Å². The van der Waals surface area contributed by atoms with Gasteiger partial charge in [0.1, 0.15) is 0 Å². The molecule has 2 aromatic carbocycles. The van der Waals surface area contributed by atoms with E-state index >= 15 is 0 Å². The fraction of sp³-hybridized carbons (Fsp3) is 0.316. The molecule has 0 aliphatic heterocycles. The Balaban J connectivity index is 1.87. The highest BCUT2D eigenvalue weighted by Crippen LogP contribution is 2.30. The van der Waals surface area contributed by atoms with Crippen LogP contribution in [0.4, 0.5) is 18.9 Å². The first-order valence-electron chi connectivity index (χ1n) is 8.53. The van der Waals surface area contributed by atoms with Crippen LogP contribution >= 0.6 is 0 Å². The third-order valence-corrected chi connectivity index (χ3v) is 5.59. The first-order valence-corrected chi connectivity index (χ1v) is 10.0. The summed E-state index contributed by atoms with van der Waals surface area (Å²) in [6, 6.07) is 9.00. The van der Waals surface area contributed by atoms with Crippen LogP contribution in [0.1, 0.15) is 29.5 Å². The molecule has 5 nitrogen and oxygen atoms in total. The molecule has 2 rings (SSSR count). The highest BCUT2D eigenvalue weighted by molar-refractivity contribution is 7.89. The summed E-state index contributed by atoms with van der Waals surface area (Å²) in [7, 11) is -4.09. The molecule has 0 fully saturated rings. The van der Waals surface area contributed by atoms with Gasteiger partial charge in [0.05, 0.1) is 10.5 Å². The molecule has 28 heavy (non-hydrogen) atoms. The van der Waals surface area contributed by atoms with Crippen LogP contribution in [0.25, 0.3) is 0 Å². The quantitative estimate of drug-likeness (QED) is 0.672. The number of nitrogens with one attached hydrogen (secondary N) is 2. The average molecular weight is 414 g/mol. The first-order chi connectivity index (χ1) is 13.0. The largest absolute Gasteiger partial charge is 0.416 e. The number of rotatable bonds is 7. The van der Waals surface area contributed by atoms with Gasteiger partial charge in [0.25, 0.3) is 0 Å². The van der Waals surface area contributed by atoms with Crippen molar-refractivity contribution < 1.29 is 26.4 Å². The molecule has 2 N–H and O–H groups in total. The molecule has 0 aromatic heterocycles. The van der Waals surface area contributed by atoms with Crippen molar-refractivity contribution in [2.45, 2.75) is 37.8 Å². The zero-order valence-electron chi connectivity index (χ0n) is 15.4. The fourth-order valence-corrected chi connectivity index (χ4v) is 3.54. The second-order valence-electron chi connectivity index (χ2n) is 6.37. The Kier molecular flexibility index (Phi) is 6.84. The maximum absolute atomic E-state index is 12.7. The molecule has 152 valence electrons. The molecule has 2 aromatic rings. The first kappa shape index (κ1) is 21.9. The Morgan fingerprint density at radius 1 is 1.04 bits per heavy atom. The minimum Gasteiger partial charge on any atom is -0.326 e. The number of hydrogen-bond acceptors (Lipinski definition) is 3. The van der Waals surface area contributed by atoms with Gasteiger partial charge in [0.2, 0.25) is 15.9 Å². The fourth-order valence-electron chi connectivity index (χ4n) is 2.42. The molecule has 0 atom stereocenters. The van der Waals surface area contributed by atoms with Crippen molar-refractivity contribution in [2.24, 2.45) is 0 Å². The van der Waals surface area contributed by atoms with Gasteiger partial charge in [-0.15, -0.1) is 0 Å². The van der Waals surface area contributed by atoms with Crippen molar-refractivity contribution in [3.05, 3.63) is 59.2 Å². The Hall–Kier alpha value is -2.39. The van der Waals surface area contributed by atoms with Gasteiger partial charge in [-0.2, -0.15) is 13.2 Å². The normalized spacial score (nSPS) is 12.0. The van der Waals surface area contributed by atoms with Crippen molar-refractivity contribution in [3.63, 3.8) is 0 Å². The molecule has 0 aliphatic rings. The molecule has 1 amide bonds. The van der Waals surface area contributed by atoms with E-state index in [0.29, 0.717) is 11.8 Å². The monoisotopic (exact) mass is 414 g/mol. The molecule has 0 unspecified atom stereocenters. The maximum atomic E-state index is 12.7. The molecule has 0 saturated heterocycles. The molecular weight excluding hydrogens is 393 g/mol. The van der Waals surface area contributed by atoms with Crippen LogP contribution in [0.5, 0.6) is 0 Å². The molecule has 0 radical (unpaired) electrons. The Labute approximate surface area is 162 Å². The number of hydrogen-bond donors (Lipinski definition) is 2. The number of carbonyl (C=O) groups is 1. The van der Waals surface area contributed by atoms with Crippen LogP contribution in [0.2, 0.25) is 0 Å². The standard InChI is InChI=1S/C19H21F3N2O3S/c1-13-8-9-16(11-14(13)2)24-18(25)7-4-10-23-28(26,27)17-6-3-5-15(12-17)19(20,21)22/h3,5-6,8-9,11-12,23H,4,7,10H2,1-2H3,(H,24,25). The van der Waals surface area contributed by atoms with Gasteiger partial charge in [-0.1, -0.05) is 12.1 Å². The van der Waals surface area contributed by atoms with Crippen molar-refractivity contribution in [1.29, 1.82) is 0 Å². The number of aryl methyl sites for hydroxylation is 2. The maximum Gasteiger partial charge on any atom is 0.416 e. The Morgan fingerprint density at radius 2 is 1.75 bits per heavy atom. The lowest BCUT2D eigenvalue weighted by Crippen LogP contribution is -2.26. The summed E-state index contributed by atoms with van der Waals surface area (Å²) in [6.07, 6.45) is -4.36. The second kappa shape index (κ2) is 8.74. The summed E-state index contributed by atoms with van der Waals surface area (Å²) in [6.45, 7) is 3.81. The summed E-state index contributed by atoms with van der Waals surface area (Å²) in [5, 5.41) is 2.72.